The molecule has 0 aliphatic heterocycles. The van der Waals surface area contributed by atoms with Crippen molar-refractivity contribution in [1.82, 2.24) is 5.32 Å². The van der Waals surface area contributed by atoms with Crippen molar-refractivity contribution in [3.8, 4) is 0 Å². The van der Waals surface area contributed by atoms with Crippen LogP contribution in [0.2, 0.25) is 0 Å². The summed E-state index contributed by atoms with van der Waals surface area (Å²) in [4.78, 5) is 10.3. The smallest absolute Gasteiger partial charge is 0.216 e. The van der Waals surface area contributed by atoms with Gasteiger partial charge in [0.2, 0.25) is 5.91 Å². The molecule has 0 spiro atoms. The number of hydrogen-bond donors (Lipinski definition) is 1. The van der Waals surface area contributed by atoms with Gasteiger partial charge < -0.3 is 14.8 Å². The molecule has 4 nitrogen and oxygen atoms in total. The van der Waals surface area contributed by atoms with E-state index in [2.05, 4.69) is 5.32 Å². The molecule has 0 saturated heterocycles. The molecule has 0 aromatic carbocycles. The van der Waals surface area contributed by atoms with Gasteiger partial charge in [0.25, 0.3) is 0 Å². The predicted molar refractivity (Wildman–Crippen MR) is 52.7 cm³/mol. The van der Waals surface area contributed by atoms with E-state index in [1.807, 2.05) is 13.8 Å². The molecular weight excluding hydrogens is 170 g/mol. The van der Waals surface area contributed by atoms with E-state index < -0.39 is 0 Å². The van der Waals surface area contributed by atoms with Gasteiger partial charge in [-0.25, -0.2) is 0 Å². The topological polar surface area (TPSA) is 47.6 Å². The van der Waals surface area contributed by atoms with Gasteiger partial charge >= 0.3 is 0 Å². The number of ether oxygens (including phenoxy) is 2. The molecule has 0 atom stereocenters. The van der Waals surface area contributed by atoms with Gasteiger partial charge in [0.05, 0.1) is 19.8 Å². The van der Waals surface area contributed by atoms with E-state index in [0.717, 1.165) is 0 Å². The minimum absolute atomic E-state index is 0.0275. The molecule has 0 fully saturated rings. The minimum atomic E-state index is -0.0275. The summed E-state index contributed by atoms with van der Waals surface area (Å²) in [6.45, 7) is 7.77. The molecule has 0 unspecified atom stereocenters. The van der Waals surface area contributed by atoms with Crippen LogP contribution in [-0.2, 0) is 14.3 Å². The second-order valence-electron chi connectivity index (χ2n) is 2.09. The van der Waals surface area contributed by atoms with E-state index >= 15 is 0 Å². The van der Waals surface area contributed by atoms with Crippen LogP contribution >= 0.6 is 0 Å². The zero-order valence-electron chi connectivity index (χ0n) is 9.05. The summed E-state index contributed by atoms with van der Waals surface area (Å²) in [5.74, 6) is -0.0275. The lowest BCUT2D eigenvalue weighted by Crippen LogP contribution is -2.24. The van der Waals surface area contributed by atoms with Gasteiger partial charge in [0.15, 0.2) is 0 Å². The van der Waals surface area contributed by atoms with E-state index in [4.69, 9.17) is 9.47 Å². The fourth-order valence-electron chi connectivity index (χ4n) is 0.544. The lowest BCUT2D eigenvalue weighted by molar-refractivity contribution is -0.119. The average Bonchev–Trinajstić information content (AvgIpc) is 2.14. The summed E-state index contributed by atoms with van der Waals surface area (Å²) < 4.78 is 9.84. The molecule has 0 aromatic rings. The molecule has 13 heavy (non-hydrogen) atoms. The SMILES string of the molecule is CC.COCCOCCNC(C)=O. The van der Waals surface area contributed by atoms with Crippen LogP contribution in [-0.4, -0.2) is 39.4 Å². The maximum Gasteiger partial charge on any atom is 0.216 e. The number of carbonyl (C=O) groups is 1. The summed E-state index contributed by atoms with van der Waals surface area (Å²) in [6.07, 6.45) is 0. The highest BCUT2D eigenvalue weighted by Crippen LogP contribution is 1.74. The summed E-state index contributed by atoms with van der Waals surface area (Å²) in [5, 5.41) is 2.62. The molecule has 0 bridgehead atoms. The van der Waals surface area contributed by atoms with Crippen molar-refractivity contribution in [3.63, 3.8) is 0 Å². The summed E-state index contributed by atoms with van der Waals surface area (Å²) in [7, 11) is 1.62. The number of carbonyl (C=O) groups excluding carboxylic acids is 1. The Morgan fingerprint density at radius 2 is 1.85 bits per heavy atom. The first-order valence-electron chi connectivity index (χ1n) is 4.58. The van der Waals surface area contributed by atoms with Gasteiger partial charge in [-0.1, -0.05) is 13.8 Å². The molecule has 0 aromatic heterocycles. The Morgan fingerprint density at radius 1 is 1.23 bits per heavy atom. The third kappa shape index (κ3) is 18.4. The molecule has 4 heteroatoms. The largest absolute Gasteiger partial charge is 0.382 e. The van der Waals surface area contributed by atoms with Crippen molar-refractivity contribution in [1.29, 1.82) is 0 Å². The van der Waals surface area contributed by atoms with Gasteiger partial charge in [0.1, 0.15) is 0 Å². The van der Waals surface area contributed by atoms with Crippen molar-refractivity contribution >= 4 is 5.91 Å². The summed E-state index contributed by atoms with van der Waals surface area (Å²) in [5.41, 5.74) is 0. The van der Waals surface area contributed by atoms with Crippen molar-refractivity contribution in [2.24, 2.45) is 0 Å². The van der Waals surface area contributed by atoms with Crippen molar-refractivity contribution in [3.05, 3.63) is 0 Å². The fourth-order valence-corrected chi connectivity index (χ4v) is 0.544. The van der Waals surface area contributed by atoms with Crippen molar-refractivity contribution in [2.75, 3.05) is 33.5 Å². The van der Waals surface area contributed by atoms with Gasteiger partial charge in [-0.05, 0) is 0 Å². The molecule has 0 rings (SSSR count). The average molecular weight is 191 g/mol. The summed E-state index contributed by atoms with van der Waals surface area (Å²) in [6, 6.07) is 0. The van der Waals surface area contributed by atoms with Gasteiger partial charge in [0, 0.05) is 20.6 Å². The van der Waals surface area contributed by atoms with Crippen LogP contribution in [0.1, 0.15) is 20.8 Å². The maximum absolute atomic E-state index is 10.3. The first-order valence-corrected chi connectivity index (χ1v) is 4.58. The fraction of sp³-hybridized carbons (Fsp3) is 0.889. The van der Waals surface area contributed by atoms with Crippen LogP contribution in [0.25, 0.3) is 0 Å². The van der Waals surface area contributed by atoms with Crippen LogP contribution in [0.4, 0.5) is 0 Å². The van der Waals surface area contributed by atoms with E-state index in [-0.39, 0.29) is 5.91 Å². The number of rotatable bonds is 6. The van der Waals surface area contributed by atoms with Crippen LogP contribution in [0.5, 0.6) is 0 Å². The van der Waals surface area contributed by atoms with Crippen LogP contribution in [0.15, 0.2) is 0 Å². The predicted octanol–water partition coefficient (Wildman–Crippen LogP) is 0.812. The second-order valence-corrected chi connectivity index (χ2v) is 2.09. The molecule has 1 amide bonds. The highest BCUT2D eigenvalue weighted by Gasteiger charge is 1.89. The quantitative estimate of drug-likeness (QED) is 0.632. The normalized spacial score (nSPS) is 8.62. The Hall–Kier alpha value is -0.610. The molecule has 0 aliphatic rings. The Bertz CT molecular complexity index is 107. The third-order valence-electron chi connectivity index (χ3n) is 1.05. The van der Waals surface area contributed by atoms with Gasteiger partial charge in [-0.3, -0.25) is 4.79 Å². The van der Waals surface area contributed by atoms with Crippen LogP contribution in [0.3, 0.4) is 0 Å². The molecule has 1 N–H and O–H groups in total. The zero-order chi connectivity index (χ0) is 10.5. The second kappa shape index (κ2) is 13.9. The van der Waals surface area contributed by atoms with Gasteiger partial charge in [-0.2, -0.15) is 0 Å². The van der Waals surface area contributed by atoms with Crippen LogP contribution < -0.4 is 5.32 Å². The molecular formula is C9H21NO3. The third-order valence-corrected chi connectivity index (χ3v) is 1.05. The Kier molecular flexibility index (Phi) is 16.0. The highest BCUT2D eigenvalue weighted by molar-refractivity contribution is 5.72. The molecule has 0 aliphatic carbocycles. The Balaban J connectivity index is 0. The van der Waals surface area contributed by atoms with Gasteiger partial charge in [-0.15, -0.1) is 0 Å². The lowest BCUT2D eigenvalue weighted by Gasteiger charge is -2.03. The Labute approximate surface area is 80.6 Å². The lowest BCUT2D eigenvalue weighted by atomic mass is 10.6. The van der Waals surface area contributed by atoms with E-state index in [1.54, 1.807) is 7.11 Å². The first kappa shape index (κ1) is 14.9. The first-order chi connectivity index (χ1) is 6.27. The highest BCUT2D eigenvalue weighted by atomic mass is 16.5. The number of methoxy groups -OCH3 is 1. The number of amides is 1. The number of nitrogens with one attached hydrogen (secondary N) is 1. The maximum atomic E-state index is 10.3. The standard InChI is InChI=1S/C7H15NO3.C2H6/c1-7(9)8-3-4-11-6-5-10-2;1-2/h3-6H2,1-2H3,(H,8,9);1-2H3. The molecule has 0 radical (unpaired) electrons. The van der Waals surface area contributed by atoms with Crippen LogP contribution in [0, 0.1) is 0 Å². The monoisotopic (exact) mass is 191 g/mol. The van der Waals surface area contributed by atoms with Crippen molar-refractivity contribution < 1.29 is 14.3 Å². The van der Waals surface area contributed by atoms with Crippen molar-refractivity contribution in [2.45, 2.75) is 20.8 Å². The van der Waals surface area contributed by atoms with E-state index in [0.29, 0.717) is 26.4 Å². The Morgan fingerprint density at radius 3 is 2.31 bits per heavy atom. The molecule has 0 saturated carbocycles. The number of hydrogen-bond acceptors (Lipinski definition) is 3. The minimum Gasteiger partial charge on any atom is -0.382 e. The summed E-state index contributed by atoms with van der Waals surface area (Å²) >= 11 is 0. The molecule has 80 valence electrons. The molecule has 0 heterocycles. The van der Waals surface area contributed by atoms with E-state index in [1.165, 1.54) is 6.92 Å². The van der Waals surface area contributed by atoms with E-state index in [9.17, 15) is 4.79 Å². The zero-order valence-corrected chi connectivity index (χ0v) is 9.05.